The second kappa shape index (κ2) is 9.04. The average molecular weight is 426 g/mol. The van der Waals surface area contributed by atoms with E-state index in [2.05, 4.69) is 30.8 Å². The summed E-state index contributed by atoms with van der Waals surface area (Å²) in [6.45, 7) is 6.06. The zero-order valence-corrected chi connectivity index (χ0v) is 18.0. The number of hydrogen-bond donors (Lipinski definition) is 2. The molecule has 2 heterocycles. The highest BCUT2D eigenvalue weighted by Crippen LogP contribution is 2.19. The van der Waals surface area contributed by atoms with E-state index in [1.54, 1.807) is 47.6 Å². The molecular weight excluding hydrogens is 402 g/mol. The van der Waals surface area contributed by atoms with Gasteiger partial charge in [-0.2, -0.15) is 0 Å². The standard InChI is InChI=1S/C20H23N7O2S/c1-20(2,3)18-21-9-15(10-22-18)25-17(29)13-6-5-7-14(8-13)24-16(28)11-30-19-26-23-12-27(19)4/h5-10,12H,11H2,1-4H3,(H,24,28)(H,25,29). The number of benzene rings is 1. The molecule has 2 amide bonds. The highest BCUT2D eigenvalue weighted by molar-refractivity contribution is 7.99. The fourth-order valence-electron chi connectivity index (χ4n) is 2.45. The summed E-state index contributed by atoms with van der Waals surface area (Å²) in [6, 6.07) is 6.72. The largest absolute Gasteiger partial charge is 0.325 e. The van der Waals surface area contributed by atoms with Crippen molar-refractivity contribution in [2.75, 3.05) is 16.4 Å². The molecule has 156 valence electrons. The molecule has 1 aromatic carbocycles. The van der Waals surface area contributed by atoms with Gasteiger partial charge in [-0.1, -0.05) is 38.6 Å². The van der Waals surface area contributed by atoms with Crippen LogP contribution in [0.25, 0.3) is 0 Å². The molecular formula is C20H23N7O2S. The van der Waals surface area contributed by atoms with Crippen LogP contribution in [0.5, 0.6) is 0 Å². The Bertz CT molecular complexity index is 1040. The molecule has 0 fully saturated rings. The van der Waals surface area contributed by atoms with Crippen molar-refractivity contribution in [1.82, 2.24) is 24.7 Å². The van der Waals surface area contributed by atoms with Gasteiger partial charge in [0.2, 0.25) is 5.91 Å². The molecule has 9 nitrogen and oxygen atoms in total. The van der Waals surface area contributed by atoms with Gasteiger partial charge in [-0.05, 0) is 18.2 Å². The molecule has 0 aliphatic heterocycles. The molecule has 0 radical (unpaired) electrons. The van der Waals surface area contributed by atoms with E-state index in [4.69, 9.17) is 0 Å². The molecule has 0 bridgehead atoms. The zero-order chi connectivity index (χ0) is 21.7. The number of carbonyl (C=O) groups is 2. The van der Waals surface area contributed by atoms with E-state index in [0.29, 0.717) is 27.9 Å². The first-order valence-corrected chi connectivity index (χ1v) is 10.2. The van der Waals surface area contributed by atoms with E-state index >= 15 is 0 Å². The average Bonchev–Trinajstić information content (AvgIpc) is 3.11. The fraction of sp³-hybridized carbons (Fsp3) is 0.300. The van der Waals surface area contributed by atoms with Gasteiger partial charge in [0, 0.05) is 23.7 Å². The van der Waals surface area contributed by atoms with Crippen LogP contribution in [-0.4, -0.2) is 42.3 Å². The van der Waals surface area contributed by atoms with E-state index in [1.165, 1.54) is 11.8 Å². The van der Waals surface area contributed by atoms with Gasteiger partial charge >= 0.3 is 0 Å². The van der Waals surface area contributed by atoms with E-state index in [0.717, 1.165) is 0 Å². The van der Waals surface area contributed by atoms with Gasteiger partial charge in [0.15, 0.2) is 5.16 Å². The minimum Gasteiger partial charge on any atom is -0.325 e. The maximum absolute atomic E-state index is 12.6. The van der Waals surface area contributed by atoms with Crippen molar-refractivity contribution in [2.24, 2.45) is 7.05 Å². The van der Waals surface area contributed by atoms with Gasteiger partial charge in [-0.25, -0.2) is 9.97 Å². The van der Waals surface area contributed by atoms with E-state index in [-0.39, 0.29) is 23.0 Å². The lowest BCUT2D eigenvalue weighted by atomic mass is 9.96. The van der Waals surface area contributed by atoms with Crippen molar-refractivity contribution in [3.05, 3.63) is 54.4 Å². The highest BCUT2D eigenvalue weighted by Gasteiger charge is 2.17. The van der Waals surface area contributed by atoms with Crippen LogP contribution in [0, 0.1) is 0 Å². The lowest BCUT2D eigenvalue weighted by Crippen LogP contribution is -2.18. The Morgan fingerprint density at radius 1 is 1.10 bits per heavy atom. The van der Waals surface area contributed by atoms with Gasteiger partial charge in [-0.15, -0.1) is 10.2 Å². The molecule has 0 aliphatic carbocycles. The SMILES string of the molecule is Cn1cnnc1SCC(=O)Nc1cccc(C(=O)Nc2cnc(C(C)(C)C)nc2)c1. The quantitative estimate of drug-likeness (QED) is 0.584. The van der Waals surface area contributed by atoms with Gasteiger partial charge in [0.05, 0.1) is 23.8 Å². The summed E-state index contributed by atoms with van der Waals surface area (Å²) < 4.78 is 1.74. The van der Waals surface area contributed by atoms with Crippen LogP contribution in [-0.2, 0) is 17.3 Å². The lowest BCUT2D eigenvalue weighted by Gasteiger charge is -2.16. The predicted octanol–water partition coefficient (Wildman–Crippen LogP) is 2.89. The van der Waals surface area contributed by atoms with Crippen molar-refractivity contribution in [3.8, 4) is 0 Å². The molecule has 0 saturated heterocycles. The smallest absolute Gasteiger partial charge is 0.255 e. The first-order chi connectivity index (χ1) is 14.2. The third-order valence-electron chi connectivity index (χ3n) is 3.99. The van der Waals surface area contributed by atoms with Crippen LogP contribution in [0.3, 0.4) is 0 Å². The first-order valence-electron chi connectivity index (χ1n) is 9.23. The monoisotopic (exact) mass is 425 g/mol. The van der Waals surface area contributed by atoms with Gasteiger partial charge < -0.3 is 15.2 Å². The number of anilines is 2. The van der Waals surface area contributed by atoms with Crippen LogP contribution >= 0.6 is 11.8 Å². The second-order valence-electron chi connectivity index (χ2n) is 7.64. The zero-order valence-electron chi connectivity index (χ0n) is 17.2. The molecule has 0 aliphatic rings. The Morgan fingerprint density at radius 2 is 1.83 bits per heavy atom. The molecule has 3 aromatic rings. The van der Waals surface area contributed by atoms with E-state index in [9.17, 15) is 9.59 Å². The topological polar surface area (TPSA) is 115 Å². The number of aromatic nitrogens is 5. The minimum atomic E-state index is -0.313. The van der Waals surface area contributed by atoms with Crippen molar-refractivity contribution < 1.29 is 9.59 Å². The number of aryl methyl sites for hydroxylation is 1. The summed E-state index contributed by atoms with van der Waals surface area (Å²) in [7, 11) is 1.81. The maximum atomic E-state index is 12.6. The number of amides is 2. The molecule has 2 N–H and O–H groups in total. The maximum Gasteiger partial charge on any atom is 0.255 e. The summed E-state index contributed by atoms with van der Waals surface area (Å²) in [5.74, 6) is 0.364. The fourth-order valence-corrected chi connectivity index (χ4v) is 3.14. The summed E-state index contributed by atoms with van der Waals surface area (Å²) in [5, 5.41) is 13.9. The lowest BCUT2D eigenvalue weighted by molar-refractivity contribution is -0.113. The molecule has 0 saturated carbocycles. The van der Waals surface area contributed by atoms with Gasteiger partial charge in [0.1, 0.15) is 12.2 Å². The molecule has 0 atom stereocenters. The third kappa shape index (κ3) is 5.63. The second-order valence-corrected chi connectivity index (χ2v) is 8.58. The molecule has 0 unspecified atom stereocenters. The highest BCUT2D eigenvalue weighted by atomic mass is 32.2. The molecule has 3 rings (SSSR count). The molecule has 30 heavy (non-hydrogen) atoms. The van der Waals surface area contributed by atoms with Crippen molar-refractivity contribution >= 4 is 35.0 Å². The Kier molecular flexibility index (Phi) is 6.46. The van der Waals surface area contributed by atoms with Gasteiger partial charge in [0.25, 0.3) is 5.91 Å². The number of nitrogens with one attached hydrogen (secondary N) is 2. The number of nitrogens with zero attached hydrogens (tertiary/aromatic N) is 5. The number of hydrogen-bond acceptors (Lipinski definition) is 7. The van der Waals surface area contributed by atoms with Crippen LogP contribution in [0.1, 0.15) is 37.0 Å². The minimum absolute atomic E-state index is 0.167. The Morgan fingerprint density at radius 3 is 2.47 bits per heavy atom. The summed E-state index contributed by atoms with van der Waals surface area (Å²) in [5.41, 5.74) is 1.28. The van der Waals surface area contributed by atoms with Crippen LogP contribution in [0.15, 0.2) is 48.1 Å². The third-order valence-corrected chi connectivity index (χ3v) is 5.03. The van der Waals surface area contributed by atoms with Crippen LogP contribution < -0.4 is 10.6 Å². The van der Waals surface area contributed by atoms with E-state index in [1.807, 2.05) is 27.8 Å². The Balaban J connectivity index is 1.59. The summed E-state index contributed by atoms with van der Waals surface area (Å²) in [6.07, 6.45) is 4.74. The van der Waals surface area contributed by atoms with E-state index < -0.39 is 0 Å². The summed E-state index contributed by atoms with van der Waals surface area (Å²) in [4.78, 5) is 33.4. The van der Waals surface area contributed by atoms with Crippen LogP contribution in [0.2, 0.25) is 0 Å². The first kappa shape index (κ1) is 21.4. The Labute approximate surface area is 178 Å². The molecule has 0 spiro atoms. The predicted molar refractivity (Wildman–Crippen MR) is 115 cm³/mol. The summed E-state index contributed by atoms with van der Waals surface area (Å²) >= 11 is 1.28. The van der Waals surface area contributed by atoms with Crippen molar-refractivity contribution in [3.63, 3.8) is 0 Å². The molecule has 10 heteroatoms. The van der Waals surface area contributed by atoms with Crippen molar-refractivity contribution in [1.29, 1.82) is 0 Å². The Hall–Kier alpha value is -3.27. The normalized spacial score (nSPS) is 11.2. The van der Waals surface area contributed by atoms with Gasteiger partial charge in [-0.3, -0.25) is 9.59 Å². The number of thioether (sulfide) groups is 1. The number of carbonyl (C=O) groups excluding carboxylic acids is 2. The number of rotatable bonds is 6. The van der Waals surface area contributed by atoms with Crippen LogP contribution in [0.4, 0.5) is 11.4 Å². The molecule has 2 aromatic heterocycles. The van der Waals surface area contributed by atoms with Crippen molar-refractivity contribution in [2.45, 2.75) is 31.3 Å².